The Bertz CT molecular complexity index is 1410. The average molecular weight is 391 g/mol. The van der Waals surface area contributed by atoms with Crippen molar-refractivity contribution >= 4 is 33.4 Å². The highest BCUT2D eigenvalue weighted by Gasteiger charge is 2.13. The lowest BCUT2D eigenvalue weighted by molar-refractivity contribution is 0.568. The molecule has 0 aliphatic heterocycles. The number of furan rings is 1. The summed E-state index contributed by atoms with van der Waals surface area (Å²) in [5.41, 5.74) is 3.54. The van der Waals surface area contributed by atoms with Gasteiger partial charge in [-0.1, -0.05) is 17.7 Å². The Hall–Kier alpha value is -3.44. The van der Waals surface area contributed by atoms with Crippen LogP contribution in [0.2, 0.25) is 5.02 Å². The summed E-state index contributed by atoms with van der Waals surface area (Å²) in [7, 11) is 0. The molecule has 2 aromatic carbocycles. The molecule has 0 amide bonds. The van der Waals surface area contributed by atoms with Crippen molar-refractivity contribution in [2.45, 2.75) is 0 Å². The second-order valence-electron chi connectivity index (χ2n) is 6.41. The van der Waals surface area contributed by atoms with E-state index in [1.165, 1.54) is 28.8 Å². The third kappa shape index (κ3) is 2.60. The van der Waals surface area contributed by atoms with Crippen molar-refractivity contribution < 1.29 is 8.81 Å². The fourth-order valence-corrected chi connectivity index (χ4v) is 3.57. The molecule has 4 nitrogen and oxygen atoms in total. The van der Waals surface area contributed by atoms with E-state index in [-0.39, 0.29) is 10.6 Å². The minimum atomic E-state index is -0.535. The summed E-state index contributed by atoms with van der Waals surface area (Å²) in [6.07, 6.45) is 4.99. The van der Waals surface area contributed by atoms with Crippen LogP contribution >= 0.6 is 11.6 Å². The Morgan fingerprint density at radius 2 is 1.89 bits per heavy atom. The van der Waals surface area contributed by atoms with E-state index in [2.05, 4.69) is 4.98 Å². The van der Waals surface area contributed by atoms with Gasteiger partial charge in [-0.25, -0.2) is 4.39 Å². The van der Waals surface area contributed by atoms with Crippen LogP contribution in [0.1, 0.15) is 0 Å². The third-order valence-electron chi connectivity index (χ3n) is 4.73. The van der Waals surface area contributed by atoms with E-state index < -0.39 is 5.82 Å². The number of nitrogens with zero attached hydrogens (tertiary/aromatic N) is 2. The smallest absolute Gasteiger partial charge is 0.255 e. The minimum absolute atomic E-state index is 0.0427. The molecular formula is C22H12ClFN2O2. The summed E-state index contributed by atoms with van der Waals surface area (Å²) >= 11 is 5.97. The molecule has 0 saturated carbocycles. The van der Waals surface area contributed by atoms with Crippen LogP contribution in [0, 0.1) is 5.82 Å². The quantitative estimate of drug-likeness (QED) is 0.369. The van der Waals surface area contributed by atoms with Crippen molar-refractivity contribution in [1.29, 1.82) is 0 Å². The Balaban J connectivity index is 1.91. The van der Waals surface area contributed by atoms with Gasteiger partial charge in [0.15, 0.2) is 0 Å². The van der Waals surface area contributed by atoms with E-state index in [1.54, 1.807) is 24.8 Å². The van der Waals surface area contributed by atoms with Crippen LogP contribution in [-0.4, -0.2) is 9.55 Å². The van der Waals surface area contributed by atoms with Gasteiger partial charge >= 0.3 is 0 Å². The minimum Gasteiger partial charge on any atom is -0.472 e. The predicted octanol–water partition coefficient (Wildman–Crippen LogP) is 5.59. The Kier molecular flexibility index (Phi) is 3.77. The van der Waals surface area contributed by atoms with E-state index in [9.17, 15) is 9.18 Å². The fraction of sp³-hybridized carbons (Fsp3) is 0. The predicted molar refractivity (Wildman–Crippen MR) is 108 cm³/mol. The lowest BCUT2D eigenvalue weighted by atomic mass is 10.0. The number of halogens is 2. The zero-order valence-electron chi connectivity index (χ0n) is 14.4. The molecule has 0 spiro atoms. The summed E-state index contributed by atoms with van der Waals surface area (Å²) in [5, 5.41) is 1.55. The molecule has 0 fully saturated rings. The van der Waals surface area contributed by atoms with Gasteiger partial charge in [-0.05, 0) is 48.0 Å². The Labute approximate surface area is 163 Å². The topological polar surface area (TPSA) is 48.0 Å². The second-order valence-corrected chi connectivity index (χ2v) is 6.82. The average Bonchev–Trinajstić information content (AvgIpc) is 3.24. The summed E-state index contributed by atoms with van der Waals surface area (Å²) in [5.74, 6) is -0.535. The molecular weight excluding hydrogens is 379 g/mol. The monoisotopic (exact) mass is 390 g/mol. The van der Waals surface area contributed by atoms with Crippen LogP contribution in [-0.2, 0) is 0 Å². The maximum Gasteiger partial charge on any atom is 0.255 e. The molecule has 28 heavy (non-hydrogen) atoms. The lowest BCUT2D eigenvalue weighted by Gasteiger charge is -2.13. The van der Waals surface area contributed by atoms with Gasteiger partial charge in [0.25, 0.3) is 5.56 Å². The zero-order chi connectivity index (χ0) is 19.3. The summed E-state index contributed by atoms with van der Waals surface area (Å²) in [6, 6.07) is 15.1. The highest BCUT2D eigenvalue weighted by atomic mass is 35.5. The molecule has 3 aromatic heterocycles. The van der Waals surface area contributed by atoms with Crippen molar-refractivity contribution in [2.24, 2.45) is 0 Å². The molecule has 3 heterocycles. The van der Waals surface area contributed by atoms with Gasteiger partial charge in [-0.15, -0.1) is 0 Å². The van der Waals surface area contributed by atoms with Gasteiger partial charge < -0.3 is 4.42 Å². The second kappa shape index (κ2) is 6.32. The summed E-state index contributed by atoms with van der Waals surface area (Å²) in [6.45, 7) is 0. The molecule has 0 aliphatic carbocycles. The Morgan fingerprint density at radius 1 is 1.00 bits per heavy atom. The first-order valence-corrected chi connectivity index (χ1v) is 8.92. The van der Waals surface area contributed by atoms with Crippen LogP contribution < -0.4 is 5.56 Å². The number of pyridine rings is 2. The highest BCUT2D eigenvalue weighted by molar-refractivity contribution is 6.30. The van der Waals surface area contributed by atoms with E-state index in [0.717, 1.165) is 27.4 Å². The van der Waals surface area contributed by atoms with Crippen LogP contribution in [0.25, 0.3) is 38.6 Å². The molecule has 5 aromatic rings. The van der Waals surface area contributed by atoms with Crippen molar-refractivity contribution in [2.75, 3.05) is 0 Å². The van der Waals surface area contributed by atoms with E-state index in [4.69, 9.17) is 16.0 Å². The first kappa shape index (κ1) is 16.7. The van der Waals surface area contributed by atoms with Crippen LogP contribution in [0.4, 0.5) is 4.39 Å². The zero-order valence-corrected chi connectivity index (χ0v) is 15.2. The van der Waals surface area contributed by atoms with Crippen LogP contribution in [0.3, 0.4) is 0 Å². The number of rotatable bonds is 2. The molecule has 136 valence electrons. The Morgan fingerprint density at radius 3 is 2.68 bits per heavy atom. The molecule has 0 N–H and O–H groups in total. The number of hydrogen-bond acceptors (Lipinski definition) is 3. The lowest BCUT2D eigenvalue weighted by Crippen LogP contribution is -2.17. The molecule has 5 rings (SSSR count). The molecule has 0 radical (unpaired) electrons. The summed E-state index contributed by atoms with van der Waals surface area (Å²) in [4.78, 5) is 17.3. The summed E-state index contributed by atoms with van der Waals surface area (Å²) < 4.78 is 20.4. The van der Waals surface area contributed by atoms with Gasteiger partial charge in [-0.2, -0.15) is 0 Å². The number of hydrogen-bond donors (Lipinski definition) is 0. The molecule has 0 unspecified atom stereocenters. The van der Waals surface area contributed by atoms with E-state index in [1.807, 2.05) is 24.3 Å². The number of fused-ring (bicyclic) bond motifs is 3. The van der Waals surface area contributed by atoms with Gasteiger partial charge in [0.1, 0.15) is 5.82 Å². The molecule has 0 bridgehead atoms. The molecule has 0 saturated heterocycles. The van der Waals surface area contributed by atoms with E-state index in [0.29, 0.717) is 11.2 Å². The SMILES string of the molecule is O=c1ccc2cnc3ccc(-c4ccoc4)cc3c2n1-c1ccc(F)c(Cl)c1. The molecule has 0 aliphatic rings. The fourth-order valence-electron chi connectivity index (χ4n) is 3.40. The molecule has 0 atom stereocenters. The van der Waals surface area contributed by atoms with Gasteiger partial charge in [0.05, 0.1) is 34.3 Å². The standard InChI is InChI=1S/C22H12ClFN2O2/c23-18-10-16(3-4-19(18)24)26-21(27)6-2-14-11-25-20-5-1-13(9-17(20)22(14)26)15-7-8-28-12-15/h1-12H. The van der Waals surface area contributed by atoms with Gasteiger partial charge in [-0.3, -0.25) is 14.3 Å². The highest BCUT2D eigenvalue weighted by Crippen LogP contribution is 2.30. The van der Waals surface area contributed by atoms with Crippen molar-refractivity contribution in [3.8, 4) is 16.8 Å². The normalized spacial score (nSPS) is 11.4. The van der Waals surface area contributed by atoms with E-state index >= 15 is 0 Å². The van der Waals surface area contributed by atoms with Crippen molar-refractivity contribution in [3.05, 3.63) is 94.5 Å². The van der Waals surface area contributed by atoms with Gasteiger partial charge in [0, 0.05) is 28.6 Å². The maximum atomic E-state index is 13.7. The third-order valence-corrected chi connectivity index (χ3v) is 5.02. The van der Waals surface area contributed by atoms with Crippen molar-refractivity contribution in [1.82, 2.24) is 9.55 Å². The van der Waals surface area contributed by atoms with Crippen molar-refractivity contribution in [3.63, 3.8) is 0 Å². The number of aromatic nitrogens is 2. The van der Waals surface area contributed by atoms with Crippen LogP contribution in [0.15, 0.2) is 82.5 Å². The maximum absolute atomic E-state index is 13.7. The molecule has 6 heteroatoms. The first-order valence-electron chi connectivity index (χ1n) is 8.54. The van der Waals surface area contributed by atoms with Crippen LogP contribution in [0.5, 0.6) is 0 Å². The largest absolute Gasteiger partial charge is 0.472 e. The first-order chi connectivity index (χ1) is 13.6. The number of benzene rings is 2. The van der Waals surface area contributed by atoms with Gasteiger partial charge in [0.2, 0.25) is 0 Å².